The Kier molecular flexibility index (Phi) is 7.07. The Labute approximate surface area is 164 Å². The Hall–Kier alpha value is -2.28. The zero-order valence-electron chi connectivity index (χ0n) is 16.1. The van der Waals surface area contributed by atoms with Gasteiger partial charge in [-0.2, -0.15) is 0 Å². The molecule has 2 atom stereocenters. The van der Waals surface area contributed by atoms with Crippen molar-refractivity contribution in [2.75, 3.05) is 18.6 Å². The van der Waals surface area contributed by atoms with Gasteiger partial charge >= 0.3 is 12.0 Å². The Morgan fingerprint density at radius 2 is 1.89 bits per heavy atom. The number of carbonyl (C=O) groups excluding carboxylic acids is 3. The van der Waals surface area contributed by atoms with Gasteiger partial charge in [0.1, 0.15) is 12.1 Å². The van der Waals surface area contributed by atoms with Gasteiger partial charge < -0.3 is 15.0 Å². The van der Waals surface area contributed by atoms with Crippen LogP contribution in [0.1, 0.15) is 34.1 Å². The van der Waals surface area contributed by atoms with Crippen LogP contribution < -0.4 is 5.32 Å². The van der Waals surface area contributed by atoms with Gasteiger partial charge in [0, 0.05) is 17.3 Å². The fourth-order valence-electron chi connectivity index (χ4n) is 2.86. The molecule has 7 nitrogen and oxygen atoms in total. The summed E-state index contributed by atoms with van der Waals surface area (Å²) in [6.07, 6.45) is 0.747. The lowest BCUT2D eigenvalue weighted by atomic mass is 10.0. The van der Waals surface area contributed by atoms with Gasteiger partial charge in [0.25, 0.3) is 5.91 Å². The molecular weight excluding hydrogens is 370 g/mol. The Morgan fingerprint density at radius 1 is 1.26 bits per heavy atom. The summed E-state index contributed by atoms with van der Waals surface area (Å²) in [5.74, 6) is -0.941. The van der Waals surface area contributed by atoms with Crippen molar-refractivity contribution in [1.82, 2.24) is 9.80 Å². The monoisotopic (exact) mass is 395 g/mol. The first-order valence-electron chi connectivity index (χ1n) is 9.07. The molecule has 1 saturated heterocycles. The predicted molar refractivity (Wildman–Crippen MR) is 103 cm³/mol. The maximum Gasteiger partial charge on any atom is 0.330 e. The van der Waals surface area contributed by atoms with E-state index in [0.717, 1.165) is 17.0 Å². The minimum atomic E-state index is -0.622. The SMILES string of the molecule is CCCN1C(=O)N(COC(=O)C(Nc2ccc(Cl)cc2)C(C)C)C(=O)C1C. The number of imide groups is 1. The van der Waals surface area contributed by atoms with Gasteiger partial charge in [-0.3, -0.25) is 4.79 Å². The van der Waals surface area contributed by atoms with Gasteiger partial charge in [-0.05, 0) is 43.5 Å². The van der Waals surface area contributed by atoms with Crippen molar-refractivity contribution in [3.05, 3.63) is 29.3 Å². The summed E-state index contributed by atoms with van der Waals surface area (Å²) in [5.41, 5.74) is 0.728. The lowest BCUT2D eigenvalue weighted by Gasteiger charge is -2.23. The smallest absolute Gasteiger partial charge is 0.330 e. The number of urea groups is 1. The molecule has 2 rings (SSSR count). The number of esters is 1. The van der Waals surface area contributed by atoms with Crippen LogP contribution in [0.2, 0.25) is 5.02 Å². The predicted octanol–water partition coefficient (Wildman–Crippen LogP) is 3.34. The average Bonchev–Trinajstić information content (AvgIpc) is 2.83. The molecule has 27 heavy (non-hydrogen) atoms. The largest absolute Gasteiger partial charge is 0.442 e. The Balaban J connectivity index is 2.00. The maximum absolute atomic E-state index is 12.5. The third-order valence-corrected chi connectivity index (χ3v) is 4.71. The van der Waals surface area contributed by atoms with E-state index in [-0.39, 0.29) is 18.6 Å². The fraction of sp³-hybridized carbons (Fsp3) is 0.526. The molecule has 0 aliphatic carbocycles. The number of amides is 3. The molecule has 1 heterocycles. The molecule has 1 aliphatic heterocycles. The maximum atomic E-state index is 12.5. The number of hydrogen-bond acceptors (Lipinski definition) is 5. The highest BCUT2D eigenvalue weighted by atomic mass is 35.5. The highest BCUT2D eigenvalue weighted by Crippen LogP contribution is 2.20. The third kappa shape index (κ3) is 4.91. The van der Waals surface area contributed by atoms with Gasteiger partial charge in [0.2, 0.25) is 0 Å². The summed E-state index contributed by atoms with van der Waals surface area (Å²) >= 11 is 5.88. The number of carbonyl (C=O) groups is 3. The van der Waals surface area contributed by atoms with E-state index < -0.39 is 24.1 Å². The molecule has 0 radical (unpaired) electrons. The van der Waals surface area contributed by atoms with Crippen molar-refractivity contribution in [3.63, 3.8) is 0 Å². The van der Waals surface area contributed by atoms with Crippen molar-refractivity contribution in [3.8, 4) is 0 Å². The Bertz CT molecular complexity index is 693. The quantitative estimate of drug-likeness (QED) is 0.539. The molecule has 0 bridgehead atoms. The molecule has 2 unspecified atom stereocenters. The fourth-order valence-corrected chi connectivity index (χ4v) is 2.99. The summed E-state index contributed by atoms with van der Waals surface area (Å²) in [5, 5.41) is 3.71. The van der Waals surface area contributed by atoms with E-state index in [1.165, 1.54) is 4.90 Å². The summed E-state index contributed by atoms with van der Waals surface area (Å²) in [6.45, 7) is 7.48. The minimum Gasteiger partial charge on any atom is -0.442 e. The standard InChI is InChI=1S/C19H26ClN3O4/c1-5-10-22-13(4)17(24)23(19(22)26)11-27-18(25)16(12(2)3)21-15-8-6-14(20)7-9-15/h6-9,12-13,16,21H,5,10-11H2,1-4H3. The van der Waals surface area contributed by atoms with Crippen LogP contribution >= 0.6 is 11.6 Å². The van der Waals surface area contributed by atoms with E-state index in [9.17, 15) is 14.4 Å². The van der Waals surface area contributed by atoms with E-state index in [4.69, 9.17) is 16.3 Å². The number of benzene rings is 1. The molecule has 3 amide bonds. The van der Waals surface area contributed by atoms with Crippen LogP contribution in [0.3, 0.4) is 0 Å². The molecule has 1 fully saturated rings. The number of rotatable bonds is 8. The Morgan fingerprint density at radius 3 is 2.44 bits per heavy atom. The normalized spacial score (nSPS) is 18.2. The number of ether oxygens (including phenoxy) is 1. The average molecular weight is 396 g/mol. The molecule has 0 spiro atoms. The van der Waals surface area contributed by atoms with Crippen molar-refractivity contribution in [2.45, 2.75) is 46.2 Å². The zero-order valence-corrected chi connectivity index (χ0v) is 16.8. The molecule has 0 aromatic heterocycles. The van der Waals surface area contributed by atoms with Crippen molar-refractivity contribution >= 4 is 35.2 Å². The summed E-state index contributed by atoms with van der Waals surface area (Å²) < 4.78 is 5.29. The van der Waals surface area contributed by atoms with Crippen LogP contribution in [0.25, 0.3) is 0 Å². The zero-order chi connectivity index (χ0) is 20.1. The molecule has 1 N–H and O–H groups in total. The highest BCUT2D eigenvalue weighted by Gasteiger charge is 2.42. The first-order valence-corrected chi connectivity index (χ1v) is 9.44. The van der Waals surface area contributed by atoms with Gasteiger partial charge in [-0.1, -0.05) is 32.4 Å². The topological polar surface area (TPSA) is 79.0 Å². The summed E-state index contributed by atoms with van der Waals surface area (Å²) in [4.78, 5) is 39.7. The van der Waals surface area contributed by atoms with Gasteiger partial charge in [0.05, 0.1) is 0 Å². The van der Waals surface area contributed by atoms with E-state index in [1.54, 1.807) is 31.2 Å². The molecule has 1 aliphatic rings. The number of halogens is 1. The molecule has 8 heteroatoms. The van der Waals surface area contributed by atoms with Gasteiger partial charge in [-0.15, -0.1) is 0 Å². The van der Waals surface area contributed by atoms with Crippen LogP contribution in [-0.4, -0.2) is 53.1 Å². The number of nitrogens with one attached hydrogen (secondary N) is 1. The number of hydrogen-bond donors (Lipinski definition) is 1. The van der Waals surface area contributed by atoms with E-state index in [0.29, 0.717) is 11.6 Å². The highest BCUT2D eigenvalue weighted by molar-refractivity contribution is 6.30. The summed E-state index contributed by atoms with van der Waals surface area (Å²) in [6, 6.07) is 5.39. The van der Waals surface area contributed by atoms with E-state index in [1.807, 2.05) is 20.8 Å². The number of anilines is 1. The first-order chi connectivity index (χ1) is 12.8. The van der Waals surface area contributed by atoms with E-state index >= 15 is 0 Å². The van der Waals surface area contributed by atoms with Crippen LogP contribution in [0.5, 0.6) is 0 Å². The van der Waals surface area contributed by atoms with Crippen LogP contribution in [0.15, 0.2) is 24.3 Å². The second-order valence-corrected chi connectivity index (χ2v) is 7.32. The van der Waals surface area contributed by atoms with Gasteiger partial charge in [-0.25, -0.2) is 14.5 Å². The molecule has 148 valence electrons. The van der Waals surface area contributed by atoms with Crippen LogP contribution in [-0.2, 0) is 14.3 Å². The van der Waals surface area contributed by atoms with Crippen molar-refractivity contribution in [1.29, 1.82) is 0 Å². The molecule has 0 saturated carbocycles. The lowest BCUT2D eigenvalue weighted by Crippen LogP contribution is -2.41. The lowest BCUT2D eigenvalue weighted by molar-refractivity contribution is -0.151. The van der Waals surface area contributed by atoms with Crippen LogP contribution in [0.4, 0.5) is 10.5 Å². The summed E-state index contributed by atoms with van der Waals surface area (Å²) in [7, 11) is 0. The van der Waals surface area contributed by atoms with Gasteiger partial charge in [0.15, 0.2) is 6.73 Å². The van der Waals surface area contributed by atoms with E-state index in [2.05, 4.69) is 5.32 Å². The van der Waals surface area contributed by atoms with Crippen molar-refractivity contribution in [2.24, 2.45) is 5.92 Å². The molecule has 1 aromatic rings. The number of nitrogens with zero attached hydrogens (tertiary/aromatic N) is 2. The molecule has 1 aromatic carbocycles. The van der Waals surface area contributed by atoms with Crippen LogP contribution in [0, 0.1) is 5.92 Å². The first kappa shape index (κ1) is 21.0. The second kappa shape index (κ2) is 9.08. The minimum absolute atomic E-state index is 0.0614. The van der Waals surface area contributed by atoms with Crippen molar-refractivity contribution < 1.29 is 19.1 Å². The second-order valence-electron chi connectivity index (χ2n) is 6.88. The molecular formula is C19H26ClN3O4. The third-order valence-electron chi connectivity index (χ3n) is 4.45.